The lowest BCUT2D eigenvalue weighted by Gasteiger charge is -2.19. The maximum absolute atomic E-state index is 4.98. The highest BCUT2D eigenvalue weighted by molar-refractivity contribution is 4.63. The highest BCUT2D eigenvalue weighted by Gasteiger charge is 2.07. The molecule has 0 saturated carbocycles. The summed E-state index contributed by atoms with van der Waals surface area (Å²) >= 11 is 0. The Kier molecular flexibility index (Phi) is 7.88. The molecule has 0 aromatic heterocycles. The minimum absolute atomic E-state index is 0.823. The second-order valence-corrected chi connectivity index (χ2v) is 4.35. The number of likely N-dealkylation sites (tertiary alicyclic amines) is 1. The Morgan fingerprint density at radius 1 is 1.07 bits per heavy atom. The topological polar surface area (TPSA) is 24.5 Å². The summed E-state index contributed by atoms with van der Waals surface area (Å²) in [4.78, 5) is 2.62. The summed E-state index contributed by atoms with van der Waals surface area (Å²) in [5, 5.41) is 3.39. The zero-order chi connectivity index (χ0) is 10.8. The Morgan fingerprint density at radius 3 is 2.47 bits per heavy atom. The molecule has 3 nitrogen and oxygen atoms in total. The van der Waals surface area contributed by atoms with Crippen LogP contribution in [0.25, 0.3) is 0 Å². The Balaban J connectivity index is 1.89. The predicted octanol–water partition coefficient (Wildman–Crippen LogP) is 1.49. The van der Waals surface area contributed by atoms with E-state index < -0.39 is 0 Å². The molecule has 0 spiro atoms. The average molecular weight is 214 g/mol. The van der Waals surface area contributed by atoms with Gasteiger partial charge in [0.15, 0.2) is 0 Å². The second-order valence-electron chi connectivity index (χ2n) is 4.35. The van der Waals surface area contributed by atoms with Gasteiger partial charge in [0.2, 0.25) is 0 Å². The summed E-state index contributed by atoms with van der Waals surface area (Å²) in [7, 11) is 1.75. The van der Waals surface area contributed by atoms with Crippen molar-refractivity contribution in [3.8, 4) is 0 Å². The number of nitrogens with one attached hydrogen (secondary N) is 1. The van der Waals surface area contributed by atoms with E-state index >= 15 is 0 Å². The van der Waals surface area contributed by atoms with Gasteiger partial charge in [0, 0.05) is 13.7 Å². The van der Waals surface area contributed by atoms with Gasteiger partial charge in [0.05, 0.1) is 6.61 Å². The van der Waals surface area contributed by atoms with Gasteiger partial charge in [-0.3, -0.25) is 0 Å². The molecule has 0 bridgehead atoms. The third-order valence-corrected chi connectivity index (χ3v) is 3.01. The van der Waals surface area contributed by atoms with E-state index in [1.54, 1.807) is 7.11 Å². The maximum Gasteiger partial charge on any atom is 0.0587 e. The molecule has 0 aromatic carbocycles. The Bertz CT molecular complexity index is 134. The number of ether oxygens (including phenoxy) is 1. The van der Waals surface area contributed by atoms with Crippen LogP contribution in [-0.4, -0.2) is 51.3 Å². The second kappa shape index (κ2) is 9.13. The molecule has 1 fully saturated rings. The van der Waals surface area contributed by atoms with Crippen molar-refractivity contribution < 1.29 is 4.74 Å². The van der Waals surface area contributed by atoms with Crippen molar-refractivity contribution in [2.75, 3.05) is 46.4 Å². The Morgan fingerprint density at radius 2 is 1.80 bits per heavy atom. The van der Waals surface area contributed by atoms with Crippen molar-refractivity contribution in [3.05, 3.63) is 0 Å². The SMILES string of the molecule is COCCNCCCN1CCCCCC1. The third kappa shape index (κ3) is 6.88. The zero-order valence-electron chi connectivity index (χ0n) is 10.1. The first-order valence-electron chi connectivity index (χ1n) is 6.35. The maximum atomic E-state index is 4.98. The van der Waals surface area contributed by atoms with Gasteiger partial charge in [-0.25, -0.2) is 0 Å². The average Bonchev–Trinajstić information content (AvgIpc) is 2.52. The van der Waals surface area contributed by atoms with E-state index in [4.69, 9.17) is 4.74 Å². The third-order valence-electron chi connectivity index (χ3n) is 3.01. The Labute approximate surface area is 94.2 Å². The molecular weight excluding hydrogens is 188 g/mol. The van der Waals surface area contributed by atoms with E-state index in [1.165, 1.54) is 51.7 Å². The van der Waals surface area contributed by atoms with Crippen molar-refractivity contribution in [2.45, 2.75) is 32.1 Å². The van der Waals surface area contributed by atoms with Crippen LogP contribution in [0.5, 0.6) is 0 Å². The van der Waals surface area contributed by atoms with E-state index in [2.05, 4.69) is 10.2 Å². The van der Waals surface area contributed by atoms with Gasteiger partial charge in [-0.15, -0.1) is 0 Å². The molecule has 90 valence electrons. The summed E-state index contributed by atoms with van der Waals surface area (Å²) in [5.41, 5.74) is 0. The van der Waals surface area contributed by atoms with Crippen molar-refractivity contribution in [2.24, 2.45) is 0 Å². The fraction of sp³-hybridized carbons (Fsp3) is 1.00. The first kappa shape index (κ1) is 12.9. The van der Waals surface area contributed by atoms with Crippen LogP contribution in [-0.2, 0) is 4.74 Å². The summed E-state index contributed by atoms with van der Waals surface area (Å²) in [6.07, 6.45) is 6.93. The van der Waals surface area contributed by atoms with Crippen LogP contribution in [0.2, 0.25) is 0 Å². The number of hydrogen-bond acceptors (Lipinski definition) is 3. The minimum atomic E-state index is 0.823. The Hall–Kier alpha value is -0.120. The van der Waals surface area contributed by atoms with E-state index in [0.29, 0.717) is 0 Å². The van der Waals surface area contributed by atoms with Crippen molar-refractivity contribution in [1.82, 2.24) is 10.2 Å². The highest BCUT2D eigenvalue weighted by atomic mass is 16.5. The molecule has 1 heterocycles. The van der Waals surface area contributed by atoms with Gasteiger partial charge < -0.3 is 15.0 Å². The van der Waals surface area contributed by atoms with Gasteiger partial charge in [-0.05, 0) is 45.4 Å². The molecule has 0 radical (unpaired) electrons. The molecule has 0 aromatic rings. The van der Waals surface area contributed by atoms with Crippen LogP contribution < -0.4 is 5.32 Å². The molecular formula is C12H26N2O. The van der Waals surface area contributed by atoms with Crippen molar-refractivity contribution in [1.29, 1.82) is 0 Å². The summed E-state index contributed by atoms with van der Waals surface area (Å²) in [5.74, 6) is 0. The van der Waals surface area contributed by atoms with Gasteiger partial charge in [0.1, 0.15) is 0 Å². The molecule has 0 amide bonds. The number of hydrogen-bond donors (Lipinski definition) is 1. The number of nitrogens with zero attached hydrogens (tertiary/aromatic N) is 1. The molecule has 3 heteroatoms. The lowest BCUT2D eigenvalue weighted by molar-refractivity contribution is 0.198. The molecule has 1 saturated heterocycles. The van der Waals surface area contributed by atoms with E-state index in [1.807, 2.05) is 0 Å². The van der Waals surface area contributed by atoms with Crippen LogP contribution in [0, 0.1) is 0 Å². The van der Waals surface area contributed by atoms with E-state index in [9.17, 15) is 0 Å². The quantitative estimate of drug-likeness (QED) is 0.650. The number of rotatable bonds is 7. The summed E-state index contributed by atoms with van der Waals surface area (Å²) in [6.45, 7) is 6.83. The standard InChI is InChI=1S/C12H26N2O/c1-15-12-8-13-7-6-11-14-9-4-2-3-5-10-14/h13H,2-12H2,1H3. The van der Waals surface area contributed by atoms with Gasteiger partial charge in [-0.1, -0.05) is 12.8 Å². The molecule has 1 aliphatic rings. The predicted molar refractivity (Wildman–Crippen MR) is 64.3 cm³/mol. The minimum Gasteiger partial charge on any atom is -0.383 e. The highest BCUT2D eigenvalue weighted by Crippen LogP contribution is 2.09. The molecule has 0 unspecified atom stereocenters. The van der Waals surface area contributed by atoms with Crippen molar-refractivity contribution >= 4 is 0 Å². The van der Waals surface area contributed by atoms with Crippen molar-refractivity contribution in [3.63, 3.8) is 0 Å². The van der Waals surface area contributed by atoms with Gasteiger partial charge >= 0.3 is 0 Å². The molecule has 15 heavy (non-hydrogen) atoms. The molecule has 1 rings (SSSR count). The lowest BCUT2D eigenvalue weighted by atomic mass is 10.2. The van der Waals surface area contributed by atoms with Crippen LogP contribution in [0.4, 0.5) is 0 Å². The van der Waals surface area contributed by atoms with Crippen LogP contribution in [0.3, 0.4) is 0 Å². The summed E-state index contributed by atoms with van der Waals surface area (Å²) < 4.78 is 4.98. The smallest absolute Gasteiger partial charge is 0.0587 e. The van der Waals surface area contributed by atoms with Gasteiger partial charge in [0.25, 0.3) is 0 Å². The van der Waals surface area contributed by atoms with Crippen LogP contribution >= 0.6 is 0 Å². The molecule has 1 aliphatic heterocycles. The molecule has 0 atom stereocenters. The number of methoxy groups -OCH3 is 1. The van der Waals surface area contributed by atoms with Crippen LogP contribution in [0.1, 0.15) is 32.1 Å². The summed E-state index contributed by atoms with van der Waals surface area (Å²) in [6, 6.07) is 0. The first-order valence-corrected chi connectivity index (χ1v) is 6.35. The lowest BCUT2D eigenvalue weighted by Crippen LogP contribution is -2.29. The zero-order valence-corrected chi connectivity index (χ0v) is 10.1. The molecule has 1 N–H and O–H groups in total. The fourth-order valence-corrected chi connectivity index (χ4v) is 2.09. The normalized spacial score (nSPS) is 19.0. The van der Waals surface area contributed by atoms with E-state index in [-0.39, 0.29) is 0 Å². The van der Waals surface area contributed by atoms with Crippen LogP contribution in [0.15, 0.2) is 0 Å². The van der Waals surface area contributed by atoms with E-state index in [0.717, 1.165) is 19.7 Å². The first-order chi connectivity index (χ1) is 7.43. The monoisotopic (exact) mass is 214 g/mol. The fourth-order valence-electron chi connectivity index (χ4n) is 2.09. The largest absolute Gasteiger partial charge is 0.383 e. The molecule has 0 aliphatic carbocycles. The van der Waals surface area contributed by atoms with Gasteiger partial charge in [-0.2, -0.15) is 0 Å².